The number of aryl methyl sites for hydroxylation is 2. The molecular formula is C20H25N5O4S. The van der Waals surface area contributed by atoms with Crippen molar-refractivity contribution in [1.29, 1.82) is 0 Å². The lowest BCUT2D eigenvalue weighted by Gasteiger charge is -2.23. The van der Waals surface area contributed by atoms with Crippen LogP contribution in [0.25, 0.3) is 11.0 Å². The number of anilines is 1. The van der Waals surface area contributed by atoms with Gasteiger partial charge < -0.3 is 9.45 Å². The molecule has 0 radical (unpaired) electrons. The fraction of sp³-hybridized carbons (Fsp3) is 0.350. The normalized spacial score (nSPS) is 12.1. The minimum Gasteiger partial charge on any atom is -0.726 e. The van der Waals surface area contributed by atoms with Crippen molar-refractivity contribution >= 4 is 38.8 Å². The van der Waals surface area contributed by atoms with Gasteiger partial charge in [0.1, 0.15) is 16.7 Å². The Morgan fingerprint density at radius 2 is 1.83 bits per heavy atom. The molecule has 160 valence electrons. The van der Waals surface area contributed by atoms with E-state index in [0.29, 0.717) is 13.0 Å². The summed E-state index contributed by atoms with van der Waals surface area (Å²) in [6, 6.07) is 15.7. The Kier molecular flexibility index (Phi) is 6.80. The van der Waals surface area contributed by atoms with Crippen molar-refractivity contribution in [2.45, 2.75) is 13.3 Å². The number of imidazole rings is 1. The van der Waals surface area contributed by atoms with Crippen LogP contribution in [0.3, 0.4) is 0 Å². The smallest absolute Gasteiger partial charge is 0.422 e. The van der Waals surface area contributed by atoms with E-state index in [4.69, 9.17) is 0 Å². The predicted molar refractivity (Wildman–Crippen MR) is 113 cm³/mol. The molecular weight excluding hydrogens is 406 g/mol. The van der Waals surface area contributed by atoms with E-state index in [1.807, 2.05) is 78.7 Å². The molecule has 0 N–H and O–H groups in total. The number of rotatable bonds is 9. The summed E-state index contributed by atoms with van der Waals surface area (Å²) in [4.78, 5) is 2.06. The van der Waals surface area contributed by atoms with Crippen molar-refractivity contribution in [2.24, 2.45) is 24.3 Å². The van der Waals surface area contributed by atoms with Crippen molar-refractivity contribution in [3.63, 3.8) is 0 Å². The number of benzene rings is 2. The summed E-state index contributed by atoms with van der Waals surface area (Å²) in [5.74, 6) is 0.740. The van der Waals surface area contributed by atoms with Gasteiger partial charge in [0.05, 0.1) is 20.7 Å². The highest BCUT2D eigenvalue weighted by atomic mass is 32.3. The highest BCUT2D eigenvalue weighted by Crippen LogP contribution is 2.23. The van der Waals surface area contributed by atoms with Crippen molar-refractivity contribution in [3.8, 4) is 0 Å². The van der Waals surface area contributed by atoms with Gasteiger partial charge in [-0.2, -0.15) is 0 Å². The number of hydrogen-bond donors (Lipinski definition) is 0. The molecule has 1 aromatic heterocycles. The van der Waals surface area contributed by atoms with E-state index in [9.17, 15) is 13.0 Å². The zero-order chi connectivity index (χ0) is 21.7. The quantitative estimate of drug-likeness (QED) is 0.170. The molecule has 0 bridgehead atoms. The van der Waals surface area contributed by atoms with Gasteiger partial charge in [-0.25, -0.2) is 17.6 Å². The topological polar surface area (TPSA) is 103 Å². The van der Waals surface area contributed by atoms with Gasteiger partial charge in [-0.1, -0.05) is 17.2 Å². The number of nitrogens with zero attached hydrogens (tertiary/aromatic N) is 5. The maximum atomic E-state index is 10.5. The molecule has 30 heavy (non-hydrogen) atoms. The number of aromatic nitrogens is 2. The molecule has 0 saturated heterocycles. The third-order valence-corrected chi connectivity index (χ3v) is 5.31. The van der Waals surface area contributed by atoms with Crippen LogP contribution < -0.4 is 9.47 Å². The Morgan fingerprint density at radius 1 is 1.13 bits per heavy atom. The summed E-state index contributed by atoms with van der Waals surface area (Å²) in [7, 11) is -0.720. The van der Waals surface area contributed by atoms with Crippen molar-refractivity contribution < 1.29 is 21.7 Å². The standard InChI is InChI=1S/C20H25N5O4S/c1-4-25(14-7-15-29-30(26,27)28)17-12-10-16(11-13-17)21-22-20-23(2)18-8-5-6-9-19(18)24(20)3/h5-6,8-13H,4,7,14-15H2,1-3H3. The molecule has 0 fully saturated rings. The van der Waals surface area contributed by atoms with Gasteiger partial charge in [0.25, 0.3) is 0 Å². The molecule has 0 unspecified atom stereocenters. The van der Waals surface area contributed by atoms with Crippen LogP contribution >= 0.6 is 0 Å². The Balaban J connectivity index is 1.68. The van der Waals surface area contributed by atoms with Gasteiger partial charge in [0, 0.05) is 23.9 Å². The van der Waals surface area contributed by atoms with Crippen LogP contribution in [0.1, 0.15) is 13.3 Å². The van der Waals surface area contributed by atoms with Crippen LogP contribution in [-0.4, -0.2) is 37.2 Å². The van der Waals surface area contributed by atoms with Crippen molar-refractivity contribution in [1.82, 2.24) is 4.57 Å². The SMILES string of the molecule is CCN(CCCOS(=O)(=O)[O-])c1ccc(N=Nc2n(C)c3ccccc3[n+]2C)cc1. The summed E-state index contributed by atoms with van der Waals surface area (Å²) in [6.07, 6.45) is 0.425. The van der Waals surface area contributed by atoms with Gasteiger partial charge in [-0.3, -0.25) is 4.18 Å². The third-order valence-electron chi connectivity index (χ3n) is 4.86. The van der Waals surface area contributed by atoms with Gasteiger partial charge in [0.2, 0.25) is 10.4 Å². The van der Waals surface area contributed by atoms with Crippen molar-refractivity contribution in [3.05, 3.63) is 48.5 Å². The Labute approximate surface area is 176 Å². The molecule has 0 aliphatic heterocycles. The first-order valence-corrected chi connectivity index (χ1v) is 10.9. The van der Waals surface area contributed by atoms with Crippen LogP contribution in [-0.2, 0) is 28.7 Å². The van der Waals surface area contributed by atoms with Crippen LogP contribution in [0.2, 0.25) is 0 Å². The second-order valence-electron chi connectivity index (χ2n) is 6.79. The van der Waals surface area contributed by atoms with E-state index in [0.717, 1.165) is 34.9 Å². The van der Waals surface area contributed by atoms with Gasteiger partial charge in [-0.05, 0) is 49.7 Å². The lowest BCUT2D eigenvalue weighted by Crippen LogP contribution is -2.26. The average Bonchev–Trinajstić information content (AvgIpc) is 2.97. The second-order valence-corrected chi connectivity index (χ2v) is 7.84. The zero-order valence-electron chi connectivity index (χ0n) is 17.2. The van der Waals surface area contributed by atoms with E-state index in [-0.39, 0.29) is 6.61 Å². The number of fused-ring (bicyclic) bond motifs is 1. The summed E-state index contributed by atoms with van der Waals surface area (Å²) >= 11 is 0. The number of para-hydroxylation sites is 2. The molecule has 0 aliphatic carbocycles. The van der Waals surface area contributed by atoms with Crippen LogP contribution in [0.5, 0.6) is 0 Å². The molecule has 10 heteroatoms. The number of hydrogen-bond acceptors (Lipinski definition) is 7. The minimum absolute atomic E-state index is 0.128. The Bertz CT molecular complexity index is 1100. The fourth-order valence-corrected chi connectivity index (χ4v) is 3.65. The molecule has 0 atom stereocenters. The van der Waals surface area contributed by atoms with Gasteiger partial charge in [0.15, 0.2) is 0 Å². The molecule has 3 aromatic rings. The first-order valence-electron chi connectivity index (χ1n) is 9.60. The first-order chi connectivity index (χ1) is 14.3. The highest BCUT2D eigenvalue weighted by Gasteiger charge is 2.18. The molecule has 0 spiro atoms. The Morgan fingerprint density at radius 3 is 2.47 bits per heavy atom. The van der Waals surface area contributed by atoms with Crippen molar-refractivity contribution in [2.75, 3.05) is 24.6 Å². The van der Waals surface area contributed by atoms with Gasteiger partial charge >= 0.3 is 5.95 Å². The van der Waals surface area contributed by atoms with E-state index in [1.165, 1.54) is 0 Å². The van der Waals surface area contributed by atoms with Crippen LogP contribution in [0.4, 0.5) is 17.3 Å². The second kappa shape index (κ2) is 9.33. The molecule has 2 aromatic carbocycles. The lowest BCUT2D eigenvalue weighted by molar-refractivity contribution is -0.632. The van der Waals surface area contributed by atoms with E-state index >= 15 is 0 Å². The zero-order valence-corrected chi connectivity index (χ0v) is 18.0. The number of azo groups is 1. The average molecular weight is 432 g/mol. The summed E-state index contributed by atoms with van der Waals surface area (Å²) < 4.78 is 39.7. The highest BCUT2D eigenvalue weighted by molar-refractivity contribution is 7.80. The summed E-state index contributed by atoms with van der Waals surface area (Å²) in [5.41, 5.74) is 3.85. The minimum atomic E-state index is -4.64. The van der Waals surface area contributed by atoms with Crippen LogP contribution in [0, 0.1) is 0 Å². The predicted octanol–water partition coefficient (Wildman–Crippen LogP) is 3.11. The molecule has 1 heterocycles. The maximum Gasteiger partial charge on any atom is 0.422 e. The van der Waals surface area contributed by atoms with E-state index in [2.05, 4.69) is 19.3 Å². The maximum absolute atomic E-state index is 10.5. The summed E-state index contributed by atoms with van der Waals surface area (Å²) in [6.45, 7) is 3.17. The molecule has 9 nitrogen and oxygen atoms in total. The fourth-order valence-electron chi connectivity index (χ4n) is 3.32. The molecule has 0 amide bonds. The lowest BCUT2D eigenvalue weighted by atomic mass is 10.2. The van der Waals surface area contributed by atoms with Crippen LogP contribution in [0.15, 0.2) is 58.8 Å². The molecule has 3 rings (SSSR count). The largest absolute Gasteiger partial charge is 0.726 e. The first kappa shape index (κ1) is 21.9. The monoisotopic (exact) mass is 431 g/mol. The van der Waals surface area contributed by atoms with Gasteiger partial charge in [-0.15, -0.1) is 0 Å². The summed E-state index contributed by atoms with van der Waals surface area (Å²) in [5, 5.41) is 8.79. The third kappa shape index (κ3) is 5.21. The molecule has 0 aliphatic rings. The Hall–Kier alpha value is -2.82. The van der Waals surface area contributed by atoms with E-state index in [1.54, 1.807) is 0 Å². The molecule has 0 saturated carbocycles. The van der Waals surface area contributed by atoms with E-state index < -0.39 is 10.4 Å².